The van der Waals surface area contributed by atoms with Crippen molar-refractivity contribution in [3.63, 3.8) is 0 Å². The van der Waals surface area contributed by atoms with Crippen LogP contribution in [0.4, 0.5) is 0 Å². The molecule has 0 aromatic rings. The zero-order chi connectivity index (χ0) is 10.3. The van der Waals surface area contributed by atoms with Gasteiger partial charge in [0.15, 0.2) is 0 Å². The minimum absolute atomic E-state index is 0.787. The van der Waals surface area contributed by atoms with Gasteiger partial charge >= 0.3 is 0 Å². The average Bonchev–Trinajstić information content (AvgIpc) is 2.36. The maximum Gasteiger partial charge on any atom is 0.300 e. The summed E-state index contributed by atoms with van der Waals surface area (Å²) in [5.74, 6) is -0.833. The Morgan fingerprint density at radius 3 is 2.54 bits per heavy atom. The summed E-state index contributed by atoms with van der Waals surface area (Å²) in [6.45, 7) is 3.19. The third kappa shape index (κ3) is 6.54. The molecule has 0 spiro atoms. The molecule has 3 N–H and O–H groups in total. The smallest absolute Gasteiger partial charge is 0.300 e. The van der Waals surface area contributed by atoms with Gasteiger partial charge in [0.25, 0.3) is 5.97 Å². The molecule has 1 heterocycles. The second kappa shape index (κ2) is 6.86. The van der Waals surface area contributed by atoms with E-state index in [9.17, 15) is 0 Å². The van der Waals surface area contributed by atoms with Crippen molar-refractivity contribution < 1.29 is 9.90 Å². The monoisotopic (exact) mass is 188 g/mol. The SMILES string of the molecule is CC(=O)O.CN1CCCC1CCN. The Kier molecular flexibility index (Phi) is 6.54. The maximum absolute atomic E-state index is 9.00. The molecule has 0 bridgehead atoms. The van der Waals surface area contributed by atoms with E-state index in [1.54, 1.807) is 0 Å². The Hall–Kier alpha value is -0.610. The normalized spacial score (nSPS) is 22.2. The fraction of sp³-hybridized carbons (Fsp3) is 0.889. The largest absolute Gasteiger partial charge is 0.481 e. The molecular weight excluding hydrogens is 168 g/mol. The van der Waals surface area contributed by atoms with Gasteiger partial charge in [-0.25, -0.2) is 0 Å². The molecule has 4 nitrogen and oxygen atoms in total. The number of carboxylic acids is 1. The van der Waals surface area contributed by atoms with Crippen LogP contribution in [0.5, 0.6) is 0 Å². The molecule has 0 aromatic carbocycles. The maximum atomic E-state index is 9.00. The van der Waals surface area contributed by atoms with E-state index < -0.39 is 5.97 Å². The van der Waals surface area contributed by atoms with E-state index in [1.807, 2.05) is 0 Å². The lowest BCUT2D eigenvalue weighted by molar-refractivity contribution is -0.134. The highest BCUT2D eigenvalue weighted by molar-refractivity contribution is 5.62. The Labute approximate surface area is 79.7 Å². The molecule has 1 saturated heterocycles. The summed E-state index contributed by atoms with van der Waals surface area (Å²) >= 11 is 0. The molecule has 13 heavy (non-hydrogen) atoms. The van der Waals surface area contributed by atoms with Gasteiger partial charge in [0.05, 0.1) is 0 Å². The van der Waals surface area contributed by atoms with Crippen molar-refractivity contribution in [2.24, 2.45) is 5.73 Å². The number of carboxylic acid groups (broad SMARTS) is 1. The Morgan fingerprint density at radius 2 is 2.23 bits per heavy atom. The summed E-state index contributed by atoms with van der Waals surface area (Å²) in [6, 6.07) is 0.787. The quantitative estimate of drug-likeness (QED) is 0.663. The fourth-order valence-corrected chi connectivity index (χ4v) is 1.54. The first-order valence-corrected chi connectivity index (χ1v) is 4.67. The third-order valence-electron chi connectivity index (χ3n) is 2.17. The van der Waals surface area contributed by atoms with Gasteiger partial charge in [-0.3, -0.25) is 4.79 Å². The summed E-state index contributed by atoms with van der Waals surface area (Å²) in [4.78, 5) is 11.4. The van der Waals surface area contributed by atoms with Crippen LogP contribution in [0.15, 0.2) is 0 Å². The highest BCUT2D eigenvalue weighted by Crippen LogP contribution is 2.16. The van der Waals surface area contributed by atoms with E-state index >= 15 is 0 Å². The van der Waals surface area contributed by atoms with Gasteiger partial charge in [0.2, 0.25) is 0 Å². The number of aliphatic carboxylic acids is 1. The van der Waals surface area contributed by atoms with Crippen LogP contribution in [-0.2, 0) is 4.79 Å². The number of likely N-dealkylation sites (tertiary alicyclic amines) is 1. The van der Waals surface area contributed by atoms with Crippen molar-refractivity contribution in [3.8, 4) is 0 Å². The first-order valence-electron chi connectivity index (χ1n) is 4.67. The number of carbonyl (C=O) groups is 1. The van der Waals surface area contributed by atoms with Gasteiger partial charge in [0.1, 0.15) is 0 Å². The molecule has 1 atom stereocenters. The lowest BCUT2D eigenvalue weighted by Gasteiger charge is -2.17. The summed E-state index contributed by atoms with van der Waals surface area (Å²) < 4.78 is 0. The molecule has 0 aliphatic carbocycles. The van der Waals surface area contributed by atoms with E-state index in [0.717, 1.165) is 19.5 Å². The van der Waals surface area contributed by atoms with Crippen molar-refractivity contribution in [3.05, 3.63) is 0 Å². The molecule has 78 valence electrons. The van der Waals surface area contributed by atoms with E-state index in [2.05, 4.69) is 11.9 Å². The second-order valence-electron chi connectivity index (χ2n) is 3.37. The summed E-state index contributed by atoms with van der Waals surface area (Å²) in [5.41, 5.74) is 5.44. The van der Waals surface area contributed by atoms with E-state index in [-0.39, 0.29) is 0 Å². The lowest BCUT2D eigenvalue weighted by atomic mass is 10.1. The first kappa shape index (κ1) is 12.4. The van der Waals surface area contributed by atoms with Crippen LogP contribution in [0, 0.1) is 0 Å². The number of hydrogen-bond acceptors (Lipinski definition) is 3. The highest BCUT2D eigenvalue weighted by Gasteiger charge is 2.18. The molecular formula is C9H20N2O2. The van der Waals surface area contributed by atoms with Gasteiger partial charge < -0.3 is 15.7 Å². The molecule has 0 saturated carbocycles. The van der Waals surface area contributed by atoms with E-state index in [4.69, 9.17) is 15.6 Å². The Balaban J connectivity index is 0.000000310. The zero-order valence-corrected chi connectivity index (χ0v) is 8.49. The molecule has 1 aliphatic rings. The van der Waals surface area contributed by atoms with Gasteiger partial charge in [-0.2, -0.15) is 0 Å². The molecule has 1 fully saturated rings. The number of nitrogens with two attached hydrogens (primary N) is 1. The van der Waals surface area contributed by atoms with Crippen LogP contribution < -0.4 is 5.73 Å². The van der Waals surface area contributed by atoms with Crippen LogP contribution >= 0.6 is 0 Å². The highest BCUT2D eigenvalue weighted by atomic mass is 16.4. The fourth-order valence-electron chi connectivity index (χ4n) is 1.54. The van der Waals surface area contributed by atoms with Crippen molar-refractivity contribution in [1.82, 2.24) is 4.90 Å². The Bertz CT molecular complexity index is 147. The lowest BCUT2D eigenvalue weighted by Crippen LogP contribution is -2.27. The molecule has 0 amide bonds. The predicted molar refractivity (Wildman–Crippen MR) is 52.6 cm³/mol. The zero-order valence-electron chi connectivity index (χ0n) is 8.49. The second-order valence-corrected chi connectivity index (χ2v) is 3.37. The molecule has 0 radical (unpaired) electrons. The van der Waals surface area contributed by atoms with Crippen LogP contribution in [0.1, 0.15) is 26.2 Å². The van der Waals surface area contributed by atoms with Gasteiger partial charge in [0, 0.05) is 13.0 Å². The van der Waals surface area contributed by atoms with Crippen molar-refractivity contribution in [2.75, 3.05) is 20.1 Å². The molecule has 1 unspecified atom stereocenters. The van der Waals surface area contributed by atoms with E-state index in [0.29, 0.717) is 0 Å². The summed E-state index contributed by atoms with van der Waals surface area (Å²) in [7, 11) is 2.19. The minimum Gasteiger partial charge on any atom is -0.481 e. The predicted octanol–water partition coefficient (Wildman–Crippen LogP) is 0.520. The first-order chi connectivity index (χ1) is 6.07. The summed E-state index contributed by atoms with van der Waals surface area (Å²) in [6.07, 6.45) is 3.89. The van der Waals surface area contributed by atoms with E-state index in [1.165, 1.54) is 25.8 Å². The van der Waals surface area contributed by atoms with Crippen LogP contribution in [-0.4, -0.2) is 42.2 Å². The third-order valence-corrected chi connectivity index (χ3v) is 2.17. The van der Waals surface area contributed by atoms with Crippen LogP contribution in [0.2, 0.25) is 0 Å². The molecule has 4 heteroatoms. The van der Waals surface area contributed by atoms with Gasteiger partial charge in [-0.1, -0.05) is 0 Å². The van der Waals surface area contributed by atoms with Gasteiger partial charge in [-0.15, -0.1) is 0 Å². The van der Waals surface area contributed by atoms with Crippen LogP contribution in [0.3, 0.4) is 0 Å². The minimum atomic E-state index is -0.833. The topological polar surface area (TPSA) is 66.6 Å². The van der Waals surface area contributed by atoms with Crippen molar-refractivity contribution in [1.29, 1.82) is 0 Å². The molecule has 0 aromatic heterocycles. The standard InChI is InChI=1S/C7H16N2.C2H4O2/c1-9-6-2-3-7(9)4-5-8;1-2(3)4/h7H,2-6,8H2,1H3;1H3,(H,3,4). The number of nitrogens with zero attached hydrogens (tertiary/aromatic N) is 1. The van der Waals surface area contributed by atoms with Crippen molar-refractivity contribution >= 4 is 5.97 Å². The Morgan fingerprint density at radius 1 is 1.69 bits per heavy atom. The number of rotatable bonds is 2. The van der Waals surface area contributed by atoms with Crippen LogP contribution in [0.25, 0.3) is 0 Å². The average molecular weight is 188 g/mol. The van der Waals surface area contributed by atoms with Crippen molar-refractivity contribution in [2.45, 2.75) is 32.2 Å². The molecule has 1 rings (SSSR count). The molecule has 1 aliphatic heterocycles. The number of hydrogen-bond donors (Lipinski definition) is 2. The summed E-state index contributed by atoms with van der Waals surface area (Å²) in [5, 5.41) is 7.42. The van der Waals surface area contributed by atoms with Gasteiger partial charge in [-0.05, 0) is 39.4 Å².